The number of aliphatic hydroxyl groups is 1. The smallest absolute Gasteiger partial charge is 0.125 e. The Kier molecular flexibility index (Phi) is 4.40. The minimum atomic E-state index is -0.222. The van der Waals surface area contributed by atoms with Crippen molar-refractivity contribution in [3.05, 3.63) is 29.6 Å². The first-order valence-electron chi connectivity index (χ1n) is 4.85. The van der Waals surface area contributed by atoms with Gasteiger partial charge in [0.25, 0.3) is 0 Å². The molecule has 0 radical (unpaired) electrons. The Bertz CT molecular complexity index is 289. The van der Waals surface area contributed by atoms with Crippen LogP contribution < -0.4 is 5.32 Å². The van der Waals surface area contributed by atoms with E-state index in [1.54, 1.807) is 6.07 Å². The van der Waals surface area contributed by atoms with Gasteiger partial charge in [-0.05, 0) is 37.5 Å². The Hall–Kier alpha value is -1.09. The van der Waals surface area contributed by atoms with Crippen molar-refractivity contribution in [1.82, 2.24) is 0 Å². The van der Waals surface area contributed by atoms with Crippen LogP contribution >= 0.6 is 0 Å². The molecule has 0 atom stereocenters. The first kappa shape index (κ1) is 11.0. The second-order valence-corrected chi connectivity index (χ2v) is 3.32. The molecule has 0 amide bonds. The van der Waals surface area contributed by atoms with Gasteiger partial charge in [0.1, 0.15) is 5.82 Å². The van der Waals surface area contributed by atoms with E-state index in [0.717, 1.165) is 30.6 Å². The average molecular weight is 197 g/mol. The maximum absolute atomic E-state index is 12.8. The summed E-state index contributed by atoms with van der Waals surface area (Å²) in [7, 11) is 0. The molecule has 0 bridgehead atoms. The highest BCUT2D eigenvalue weighted by molar-refractivity contribution is 5.50. The minimum absolute atomic E-state index is 0.212. The van der Waals surface area contributed by atoms with Crippen LogP contribution in [0.4, 0.5) is 10.1 Å². The summed E-state index contributed by atoms with van der Waals surface area (Å²) in [5, 5.41) is 11.7. The molecule has 1 rings (SSSR count). The van der Waals surface area contributed by atoms with Crippen molar-refractivity contribution in [2.75, 3.05) is 18.5 Å². The lowest BCUT2D eigenvalue weighted by atomic mass is 10.2. The number of aliphatic hydroxyl groups excluding tert-OH is 1. The van der Waals surface area contributed by atoms with Crippen LogP contribution in [0.5, 0.6) is 0 Å². The maximum atomic E-state index is 12.8. The number of nitrogens with one attached hydrogen (secondary N) is 1. The Balaban J connectivity index is 2.45. The van der Waals surface area contributed by atoms with Crippen LogP contribution in [0.3, 0.4) is 0 Å². The molecule has 2 nitrogen and oxygen atoms in total. The standard InChI is InChI=1S/C11H16FNO/c1-9-4-5-10(12)8-11(9)13-6-2-3-7-14/h4-5,8,13-14H,2-3,6-7H2,1H3. The van der Waals surface area contributed by atoms with Gasteiger partial charge in [0.2, 0.25) is 0 Å². The van der Waals surface area contributed by atoms with E-state index < -0.39 is 0 Å². The molecule has 0 heterocycles. The Morgan fingerprint density at radius 2 is 2.14 bits per heavy atom. The highest BCUT2D eigenvalue weighted by atomic mass is 19.1. The van der Waals surface area contributed by atoms with Gasteiger partial charge in [0.05, 0.1) is 0 Å². The lowest BCUT2D eigenvalue weighted by molar-refractivity contribution is 0.286. The summed E-state index contributed by atoms with van der Waals surface area (Å²) in [6, 6.07) is 4.70. The number of aryl methyl sites for hydroxylation is 1. The number of anilines is 1. The molecule has 0 aliphatic heterocycles. The zero-order chi connectivity index (χ0) is 10.4. The van der Waals surface area contributed by atoms with Crippen LogP contribution in [0.1, 0.15) is 18.4 Å². The first-order valence-corrected chi connectivity index (χ1v) is 4.85. The molecule has 2 N–H and O–H groups in total. The zero-order valence-electron chi connectivity index (χ0n) is 8.39. The van der Waals surface area contributed by atoms with Crippen LogP contribution in [0.25, 0.3) is 0 Å². The first-order chi connectivity index (χ1) is 6.74. The van der Waals surface area contributed by atoms with Gasteiger partial charge in [0, 0.05) is 18.8 Å². The summed E-state index contributed by atoms with van der Waals surface area (Å²) in [4.78, 5) is 0. The molecule has 3 heteroatoms. The van der Waals surface area contributed by atoms with Crippen LogP contribution in [-0.2, 0) is 0 Å². The summed E-state index contributed by atoms with van der Waals surface area (Å²) >= 11 is 0. The van der Waals surface area contributed by atoms with Crippen LogP contribution in [0.2, 0.25) is 0 Å². The van der Waals surface area contributed by atoms with E-state index in [1.165, 1.54) is 12.1 Å². The lowest BCUT2D eigenvalue weighted by Gasteiger charge is -2.08. The van der Waals surface area contributed by atoms with E-state index in [-0.39, 0.29) is 12.4 Å². The van der Waals surface area contributed by atoms with Gasteiger partial charge in [-0.1, -0.05) is 6.07 Å². The van der Waals surface area contributed by atoms with Gasteiger partial charge < -0.3 is 10.4 Å². The van der Waals surface area contributed by atoms with Crippen molar-refractivity contribution in [2.45, 2.75) is 19.8 Å². The fourth-order valence-corrected chi connectivity index (χ4v) is 1.24. The topological polar surface area (TPSA) is 32.3 Å². The van der Waals surface area contributed by atoms with Crippen molar-refractivity contribution in [3.63, 3.8) is 0 Å². The number of hydrogen-bond donors (Lipinski definition) is 2. The molecular weight excluding hydrogens is 181 g/mol. The number of benzene rings is 1. The number of hydrogen-bond acceptors (Lipinski definition) is 2. The molecule has 0 spiro atoms. The fourth-order valence-electron chi connectivity index (χ4n) is 1.24. The van der Waals surface area contributed by atoms with Crippen molar-refractivity contribution in [2.24, 2.45) is 0 Å². The van der Waals surface area contributed by atoms with Gasteiger partial charge in [-0.25, -0.2) is 4.39 Å². The quantitative estimate of drug-likeness (QED) is 0.710. The third-order valence-corrected chi connectivity index (χ3v) is 2.10. The van der Waals surface area contributed by atoms with E-state index in [9.17, 15) is 4.39 Å². The molecule has 0 saturated carbocycles. The third kappa shape index (κ3) is 3.34. The van der Waals surface area contributed by atoms with Crippen LogP contribution in [-0.4, -0.2) is 18.3 Å². The largest absolute Gasteiger partial charge is 0.396 e. The molecule has 0 aliphatic carbocycles. The molecule has 0 saturated heterocycles. The molecule has 0 aliphatic rings. The summed E-state index contributed by atoms with van der Waals surface area (Å²) in [6.45, 7) is 2.92. The summed E-state index contributed by atoms with van der Waals surface area (Å²) < 4.78 is 12.8. The number of rotatable bonds is 5. The highest BCUT2D eigenvalue weighted by Gasteiger charge is 1.98. The number of unbranched alkanes of at least 4 members (excludes halogenated alkanes) is 1. The summed E-state index contributed by atoms with van der Waals surface area (Å²) in [6.07, 6.45) is 1.67. The third-order valence-electron chi connectivity index (χ3n) is 2.10. The second-order valence-electron chi connectivity index (χ2n) is 3.32. The predicted octanol–water partition coefficient (Wildman–Crippen LogP) is 2.32. The molecule has 0 unspecified atom stereocenters. The summed E-state index contributed by atoms with van der Waals surface area (Å²) in [5.41, 5.74) is 1.87. The van der Waals surface area contributed by atoms with Gasteiger partial charge in [-0.15, -0.1) is 0 Å². The van der Waals surface area contributed by atoms with E-state index >= 15 is 0 Å². The van der Waals surface area contributed by atoms with Gasteiger partial charge in [-0.2, -0.15) is 0 Å². The monoisotopic (exact) mass is 197 g/mol. The highest BCUT2D eigenvalue weighted by Crippen LogP contribution is 2.15. The lowest BCUT2D eigenvalue weighted by Crippen LogP contribution is -2.04. The van der Waals surface area contributed by atoms with E-state index in [2.05, 4.69) is 5.32 Å². The summed E-state index contributed by atoms with van der Waals surface area (Å²) in [5.74, 6) is -0.222. The second kappa shape index (κ2) is 5.60. The molecule has 78 valence electrons. The van der Waals surface area contributed by atoms with E-state index in [0.29, 0.717) is 0 Å². The fraction of sp³-hybridized carbons (Fsp3) is 0.455. The minimum Gasteiger partial charge on any atom is -0.396 e. The molecule has 14 heavy (non-hydrogen) atoms. The zero-order valence-corrected chi connectivity index (χ0v) is 8.39. The van der Waals surface area contributed by atoms with Crippen LogP contribution in [0.15, 0.2) is 18.2 Å². The predicted molar refractivity (Wildman–Crippen MR) is 55.9 cm³/mol. The molecule has 1 aromatic carbocycles. The average Bonchev–Trinajstić information content (AvgIpc) is 2.18. The van der Waals surface area contributed by atoms with Crippen molar-refractivity contribution >= 4 is 5.69 Å². The number of halogens is 1. The van der Waals surface area contributed by atoms with E-state index in [4.69, 9.17) is 5.11 Å². The van der Waals surface area contributed by atoms with Gasteiger partial charge in [0.15, 0.2) is 0 Å². The Morgan fingerprint density at radius 1 is 1.36 bits per heavy atom. The molecule has 0 fully saturated rings. The van der Waals surface area contributed by atoms with Crippen molar-refractivity contribution in [3.8, 4) is 0 Å². The van der Waals surface area contributed by atoms with Crippen molar-refractivity contribution < 1.29 is 9.50 Å². The SMILES string of the molecule is Cc1ccc(F)cc1NCCCCO. The normalized spacial score (nSPS) is 10.2. The van der Waals surface area contributed by atoms with Gasteiger partial charge >= 0.3 is 0 Å². The molecule has 1 aromatic rings. The van der Waals surface area contributed by atoms with E-state index in [1.807, 2.05) is 6.92 Å². The Labute approximate surface area is 83.8 Å². The molecule has 0 aromatic heterocycles. The maximum Gasteiger partial charge on any atom is 0.125 e. The van der Waals surface area contributed by atoms with Crippen LogP contribution in [0, 0.1) is 12.7 Å². The van der Waals surface area contributed by atoms with Gasteiger partial charge in [-0.3, -0.25) is 0 Å². The molecular formula is C11H16FNO. The van der Waals surface area contributed by atoms with Crippen molar-refractivity contribution in [1.29, 1.82) is 0 Å². The Morgan fingerprint density at radius 3 is 2.86 bits per heavy atom.